The van der Waals surface area contributed by atoms with Crippen molar-refractivity contribution >= 4 is 62.1 Å². The van der Waals surface area contributed by atoms with Crippen LogP contribution in [0.2, 0.25) is 0 Å². The first kappa shape index (κ1) is 25.0. The molecule has 0 fully saturated rings. The van der Waals surface area contributed by atoms with Gasteiger partial charge in [-0.1, -0.05) is 59.7 Å². The fourth-order valence-corrected chi connectivity index (χ4v) is 6.81. The maximum atomic E-state index is 11.1. The smallest absolute Gasteiger partial charge is 0.206 e. The van der Waals surface area contributed by atoms with Crippen LogP contribution in [0.5, 0.6) is 0 Å². The number of thiophene rings is 2. The lowest BCUT2D eigenvalue weighted by molar-refractivity contribution is 0.609. The van der Waals surface area contributed by atoms with Gasteiger partial charge in [0.2, 0.25) is 0 Å². The normalized spacial score (nSPS) is 11.6. The fraction of sp³-hybridized carbons (Fsp3) is 0.0909. The standard InChI is InChI=1S/2C11H9ClO2S2/c2*1-8-2-4-9(5-3-8)10-6-7-11(15-10)16(12,13)14/h2*2-7H,1H3. The highest BCUT2D eigenvalue weighted by molar-refractivity contribution is 8.15. The van der Waals surface area contributed by atoms with E-state index in [1.165, 1.54) is 45.9 Å². The molecule has 0 saturated carbocycles. The Morgan fingerprint density at radius 1 is 0.531 bits per heavy atom. The van der Waals surface area contributed by atoms with Crippen LogP contribution in [0.3, 0.4) is 0 Å². The molecule has 2 aromatic carbocycles. The molecule has 10 heteroatoms. The van der Waals surface area contributed by atoms with Gasteiger partial charge in [0.15, 0.2) is 0 Å². The highest BCUT2D eigenvalue weighted by atomic mass is 35.7. The number of halogens is 2. The molecular formula is C22H18Cl2O4S4. The SMILES string of the molecule is Cc1ccc(-c2ccc(S(=O)(=O)Cl)s2)cc1.Cc1ccc(-c2ccc(S(=O)(=O)Cl)s2)cc1. The molecule has 0 atom stereocenters. The summed E-state index contributed by atoms with van der Waals surface area (Å²) in [6.45, 7) is 4.01. The molecule has 0 bridgehead atoms. The van der Waals surface area contributed by atoms with Crippen molar-refractivity contribution in [2.75, 3.05) is 0 Å². The van der Waals surface area contributed by atoms with Crippen molar-refractivity contribution in [3.63, 3.8) is 0 Å². The third kappa shape index (κ3) is 6.66. The Morgan fingerprint density at radius 3 is 1.09 bits per heavy atom. The third-order valence-electron chi connectivity index (χ3n) is 4.32. The average molecular weight is 546 g/mol. The van der Waals surface area contributed by atoms with Crippen molar-refractivity contribution in [2.45, 2.75) is 22.3 Å². The zero-order chi connectivity index (χ0) is 23.5. The predicted molar refractivity (Wildman–Crippen MR) is 135 cm³/mol. The minimum Gasteiger partial charge on any atom is -0.206 e. The minimum absolute atomic E-state index is 0.185. The monoisotopic (exact) mass is 544 g/mol. The summed E-state index contributed by atoms with van der Waals surface area (Å²) in [5, 5.41) is 0. The number of hydrogen-bond donors (Lipinski definition) is 0. The molecule has 0 aliphatic rings. The maximum absolute atomic E-state index is 11.1. The van der Waals surface area contributed by atoms with Gasteiger partial charge in [0.05, 0.1) is 0 Å². The van der Waals surface area contributed by atoms with Gasteiger partial charge in [-0.3, -0.25) is 0 Å². The van der Waals surface area contributed by atoms with E-state index in [4.69, 9.17) is 21.4 Å². The van der Waals surface area contributed by atoms with E-state index in [-0.39, 0.29) is 8.42 Å². The Balaban J connectivity index is 0.000000181. The summed E-state index contributed by atoms with van der Waals surface area (Å²) in [4.78, 5) is 1.80. The molecule has 168 valence electrons. The average Bonchev–Trinajstić information content (AvgIpc) is 3.39. The van der Waals surface area contributed by atoms with Crippen LogP contribution in [0.15, 0.2) is 81.2 Å². The quantitative estimate of drug-likeness (QED) is 0.252. The zero-order valence-corrected chi connectivity index (χ0v) is 21.7. The van der Waals surface area contributed by atoms with E-state index < -0.39 is 18.1 Å². The molecule has 4 aromatic rings. The second kappa shape index (κ2) is 10.1. The molecule has 2 aromatic heterocycles. The second-order valence-corrected chi connectivity index (χ2v) is 14.6. The van der Waals surface area contributed by atoms with Crippen LogP contribution in [0, 0.1) is 13.8 Å². The van der Waals surface area contributed by atoms with Crippen molar-refractivity contribution < 1.29 is 16.8 Å². The van der Waals surface area contributed by atoms with Crippen molar-refractivity contribution in [1.29, 1.82) is 0 Å². The molecule has 0 aliphatic carbocycles. The second-order valence-electron chi connectivity index (χ2n) is 6.85. The molecule has 0 amide bonds. The van der Waals surface area contributed by atoms with E-state index in [1.807, 2.05) is 62.4 Å². The van der Waals surface area contributed by atoms with Gasteiger partial charge in [-0.15, -0.1) is 22.7 Å². The molecule has 0 N–H and O–H groups in total. The van der Waals surface area contributed by atoms with Gasteiger partial charge in [0.25, 0.3) is 18.1 Å². The van der Waals surface area contributed by atoms with E-state index in [1.54, 1.807) is 12.1 Å². The van der Waals surface area contributed by atoms with Crippen LogP contribution < -0.4 is 0 Å². The first-order chi connectivity index (χ1) is 14.9. The number of hydrogen-bond acceptors (Lipinski definition) is 6. The van der Waals surface area contributed by atoms with E-state index >= 15 is 0 Å². The molecule has 0 saturated heterocycles. The van der Waals surface area contributed by atoms with E-state index in [9.17, 15) is 16.8 Å². The van der Waals surface area contributed by atoms with Gasteiger partial charge in [-0.05, 0) is 49.2 Å². The van der Waals surface area contributed by atoms with E-state index in [0.717, 1.165) is 20.9 Å². The number of aryl methyl sites for hydroxylation is 2. The molecule has 0 spiro atoms. The van der Waals surface area contributed by atoms with Gasteiger partial charge >= 0.3 is 0 Å². The number of rotatable bonds is 4. The van der Waals surface area contributed by atoms with Crippen LogP contribution in [-0.2, 0) is 18.1 Å². The molecule has 0 unspecified atom stereocenters. The van der Waals surface area contributed by atoms with Crippen molar-refractivity contribution in [3.8, 4) is 20.9 Å². The first-order valence-electron chi connectivity index (χ1n) is 9.16. The Labute approximate surface area is 204 Å². The Kier molecular flexibility index (Phi) is 7.85. The van der Waals surface area contributed by atoms with Crippen molar-refractivity contribution in [3.05, 3.63) is 83.9 Å². The van der Waals surface area contributed by atoms with E-state index in [0.29, 0.717) is 0 Å². The molecule has 4 nitrogen and oxygen atoms in total. The molecule has 0 aliphatic heterocycles. The van der Waals surface area contributed by atoms with Gasteiger partial charge < -0.3 is 0 Å². The summed E-state index contributed by atoms with van der Waals surface area (Å²) in [7, 11) is 3.32. The Morgan fingerprint density at radius 2 is 0.844 bits per heavy atom. The zero-order valence-electron chi connectivity index (χ0n) is 17.0. The van der Waals surface area contributed by atoms with Gasteiger partial charge in [-0.2, -0.15) is 0 Å². The van der Waals surface area contributed by atoms with Crippen molar-refractivity contribution in [2.24, 2.45) is 0 Å². The Hall–Kier alpha value is -1.68. The summed E-state index contributed by atoms with van der Waals surface area (Å²) in [6, 6.07) is 22.4. The van der Waals surface area contributed by atoms with Gasteiger partial charge in [0, 0.05) is 31.1 Å². The minimum atomic E-state index is -3.61. The van der Waals surface area contributed by atoms with Crippen LogP contribution in [-0.4, -0.2) is 16.8 Å². The van der Waals surface area contributed by atoms with Crippen LogP contribution in [0.25, 0.3) is 20.9 Å². The van der Waals surface area contributed by atoms with Crippen molar-refractivity contribution in [1.82, 2.24) is 0 Å². The van der Waals surface area contributed by atoms with Crippen LogP contribution >= 0.6 is 44.0 Å². The fourth-order valence-electron chi connectivity index (χ4n) is 2.65. The summed E-state index contributed by atoms with van der Waals surface area (Å²) in [5.74, 6) is 0. The lowest BCUT2D eigenvalue weighted by Gasteiger charge is -1.97. The summed E-state index contributed by atoms with van der Waals surface area (Å²) in [6.07, 6.45) is 0. The predicted octanol–water partition coefficient (Wildman–Crippen LogP) is 7.30. The lowest BCUT2D eigenvalue weighted by Crippen LogP contribution is -1.83. The van der Waals surface area contributed by atoms with Gasteiger partial charge in [-0.25, -0.2) is 16.8 Å². The van der Waals surface area contributed by atoms with Crippen LogP contribution in [0.1, 0.15) is 11.1 Å². The Bertz CT molecular complexity index is 1310. The van der Waals surface area contributed by atoms with E-state index in [2.05, 4.69) is 0 Å². The molecule has 2 heterocycles. The highest BCUT2D eigenvalue weighted by Gasteiger charge is 2.14. The molecule has 0 radical (unpaired) electrons. The molecule has 4 rings (SSSR count). The molecular weight excluding hydrogens is 527 g/mol. The van der Waals surface area contributed by atoms with Crippen LogP contribution in [0.4, 0.5) is 0 Å². The number of benzene rings is 2. The first-order valence-corrected chi connectivity index (χ1v) is 15.4. The third-order valence-corrected chi connectivity index (χ3v) is 10.8. The largest absolute Gasteiger partial charge is 0.270 e. The highest BCUT2D eigenvalue weighted by Crippen LogP contribution is 2.33. The summed E-state index contributed by atoms with van der Waals surface area (Å²) < 4.78 is 44.8. The lowest BCUT2D eigenvalue weighted by atomic mass is 10.1. The van der Waals surface area contributed by atoms with Gasteiger partial charge in [0.1, 0.15) is 8.42 Å². The molecule has 32 heavy (non-hydrogen) atoms. The topological polar surface area (TPSA) is 68.3 Å². The summed E-state index contributed by atoms with van der Waals surface area (Å²) >= 11 is 2.36. The summed E-state index contributed by atoms with van der Waals surface area (Å²) in [5.41, 5.74) is 4.35. The maximum Gasteiger partial charge on any atom is 0.270 e.